The molecular formula is C26H24ClNO4. The first-order valence-electron chi connectivity index (χ1n) is 10.4. The van der Waals surface area contributed by atoms with Gasteiger partial charge in [0.25, 0.3) is 0 Å². The Morgan fingerprint density at radius 3 is 2.19 bits per heavy atom. The van der Waals surface area contributed by atoms with Crippen LogP contribution in [0.1, 0.15) is 28.2 Å². The Balaban J connectivity index is 1.49. The molecule has 0 saturated carbocycles. The van der Waals surface area contributed by atoms with Crippen LogP contribution < -0.4 is 0 Å². The van der Waals surface area contributed by atoms with Gasteiger partial charge in [-0.3, -0.25) is 4.90 Å². The number of ether oxygens (including phenoxy) is 1. The van der Waals surface area contributed by atoms with E-state index < -0.39 is 18.1 Å². The summed E-state index contributed by atoms with van der Waals surface area (Å²) in [5.74, 6) is -1.18. The first-order valence-corrected chi connectivity index (χ1v) is 10.8. The molecule has 0 bridgehead atoms. The Hall–Kier alpha value is -3.31. The van der Waals surface area contributed by atoms with Gasteiger partial charge in [-0.05, 0) is 52.4 Å². The minimum atomic E-state index is -1.10. The maximum atomic E-state index is 12.8. The number of benzene rings is 3. The molecule has 3 aromatic carbocycles. The number of nitrogens with zero attached hydrogens (tertiary/aromatic N) is 1. The summed E-state index contributed by atoms with van der Waals surface area (Å²) in [6, 6.07) is 20.5. The van der Waals surface area contributed by atoms with Crippen molar-refractivity contribution in [3.8, 4) is 11.1 Å². The van der Waals surface area contributed by atoms with Gasteiger partial charge in [-0.25, -0.2) is 9.59 Å². The van der Waals surface area contributed by atoms with Crippen LogP contribution in [0.15, 0.2) is 66.7 Å². The van der Waals surface area contributed by atoms with Crippen LogP contribution in [0.4, 0.5) is 4.79 Å². The minimum Gasteiger partial charge on any atom is -0.480 e. The Kier molecular flexibility index (Phi) is 6.19. The van der Waals surface area contributed by atoms with Gasteiger partial charge in [0, 0.05) is 24.4 Å². The first kappa shape index (κ1) is 21.9. The second-order valence-electron chi connectivity index (χ2n) is 8.11. The second kappa shape index (κ2) is 9.05. The fourth-order valence-electron chi connectivity index (χ4n) is 4.37. The van der Waals surface area contributed by atoms with Crippen LogP contribution in [-0.2, 0) is 16.0 Å². The van der Waals surface area contributed by atoms with Crippen molar-refractivity contribution < 1.29 is 19.4 Å². The molecule has 5 nitrogen and oxygen atoms in total. The van der Waals surface area contributed by atoms with Crippen LogP contribution in [0.2, 0.25) is 5.02 Å². The lowest BCUT2D eigenvalue weighted by atomic mass is 9.98. The fraction of sp³-hybridized carbons (Fsp3) is 0.231. The van der Waals surface area contributed by atoms with Gasteiger partial charge < -0.3 is 9.84 Å². The van der Waals surface area contributed by atoms with Gasteiger partial charge in [-0.15, -0.1) is 0 Å². The van der Waals surface area contributed by atoms with E-state index in [1.807, 2.05) is 49.4 Å². The summed E-state index contributed by atoms with van der Waals surface area (Å²) < 4.78 is 5.62. The number of carboxylic acids is 1. The molecule has 1 aliphatic carbocycles. The number of likely N-dealkylation sites (N-methyl/N-ethyl adjacent to an activating group) is 1. The largest absolute Gasteiger partial charge is 0.480 e. The maximum Gasteiger partial charge on any atom is 0.410 e. The van der Waals surface area contributed by atoms with E-state index in [-0.39, 0.29) is 18.9 Å². The van der Waals surface area contributed by atoms with E-state index in [0.29, 0.717) is 5.02 Å². The zero-order valence-electron chi connectivity index (χ0n) is 17.9. The standard InChI is InChI=1S/C26H24ClNO4/c1-16-11-17(13-18(27)12-16)14-24(25(29)30)28(2)26(31)32-15-23-21-9-5-3-7-19(21)20-8-4-6-10-22(20)23/h3-13,23-24H,14-15H2,1-2H3,(H,29,30)/t24-/m0/s1. The van der Waals surface area contributed by atoms with E-state index in [2.05, 4.69) is 12.1 Å². The molecule has 0 heterocycles. The van der Waals surface area contributed by atoms with Crippen molar-refractivity contribution in [3.63, 3.8) is 0 Å². The average Bonchev–Trinajstić information content (AvgIpc) is 3.08. The van der Waals surface area contributed by atoms with Gasteiger partial charge in [0.15, 0.2) is 0 Å². The third kappa shape index (κ3) is 4.34. The number of amides is 1. The van der Waals surface area contributed by atoms with E-state index in [1.54, 1.807) is 12.1 Å². The van der Waals surface area contributed by atoms with Crippen molar-refractivity contribution in [1.82, 2.24) is 4.90 Å². The minimum absolute atomic E-state index is 0.0846. The number of halogens is 1. The van der Waals surface area contributed by atoms with Crippen molar-refractivity contribution in [2.75, 3.05) is 13.7 Å². The van der Waals surface area contributed by atoms with E-state index in [0.717, 1.165) is 38.3 Å². The highest BCUT2D eigenvalue weighted by Gasteiger charge is 2.32. The number of carboxylic acid groups (broad SMARTS) is 1. The molecule has 0 saturated heterocycles. The fourth-order valence-corrected chi connectivity index (χ4v) is 4.68. The van der Waals surface area contributed by atoms with Crippen LogP contribution >= 0.6 is 11.6 Å². The average molecular weight is 450 g/mol. The monoisotopic (exact) mass is 449 g/mol. The van der Waals surface area contributed by atoms with Gasteiger partial charge in [0.2, 0.25) is 0 Å². The topological polar surface area (TPSA) is 66.8 Å². The highest BCUT2D eigenvalue weighted by atomic mass is 35.5. The summed E-state index contributed by atoms with van der Waals surface area (Å²) in [5, 5.41) is 10.3. The molecule has 6 heteroatoms. The molecule has 1 amide bonds. The quantitative estimate of drug-likeness (QED) is 0.537. The van der Waals surface area contributed by atoms with Gasteiger partial charge in [-0.1, -0.05) is 66.2 Å². The number of carbonyl (C=O) groups is 2. The Morgan fingerprint density at radius 2 is 1.62 bits per heavy atom. The number of aliphatic carboxylic acids is 1. The highest BCUT2D eigenvalue weighted by Crippen LogP contribution is 2.44. The van der Waals surface area contributed by atoms with Crippen LogP contribution in [-0.4, -0.2) is 41.8 Å². The first-order chi connectivity index (χ1) is 15.3. The molecule has 0 aromatic heterocycles. The lowest BCUT2D eigenvalue weighted by Crippen LogP contribution is -2.44. The van der Waals surface area contributed by atoms with Gasteiger partial charge in [0.1, 0.15) is 12.6 Å². The number of aryl methyl sites for hydroxylation is 1. The third-order valence-electron chi connectivity index (χ3n) is 5.91. The van der Waals surface area contributed by atoms with E-state index >= 15 is 0 Å². The van der Waals surface area contributed by atoms with Crippen LogP contribution in [0.5, 0.6) is 0 Å². The Morgan fingerprint density at radius 1 is 1.03 bits per heavy atom. The van der Waals surface area contributed by atoms with Crippen molar-refractivity contribution >= 4 is 23.7 Å². The summed E-state index contributed by atoms with van der Waals surface area (Å²) in [6.07, 6.45) is -0.532. The normalized spacial score (nSPS) is 13.2. The predicted molar refractivity (Wildman–Crippen MR) is 124 cm³/mol. The Labute approximate surface area is 192 Å². The molecule has 0 aliphatic heterocycles. The summed E-state index contributed by atoms with van der Waals surface area (Å²) >= 11 is 6.11. The molecule has 1 atom stereocenters. The lowest BCUT2D eigenvalue weighted by molar-refractivity contribution is -0.142. The lowest BCUT2D eigenvalue weighted by Gasteiger charge is -2.25. The van der Waals surface area contributed by atoms with Gasteiger partial charge >= 0.3 is 12.1 Å². The van der Waals surface area contributed by atoms with Crippen molar-refractivity contribution in [2.24, 2.45) is 0 Å². The van der Waals surface area contributed by atoms with E-state index in [4.69, 9.17) is 16.3 Å². The molecule has 164 valence electrons. The summed E-state index contributed by atoms with van der Waals surface area (Å²) in [6.45, 7) is 2.03. The molecule has 32 heavy (non-hydrogen) atoms. The zero-order chi connectivity index (χ0) is 22.8. The maximum absolute atomic E-state index is 12.8. The van der Waals surface area contributed by atoms with E-state index in [1.165, 1.54) is 7.05 Å². The molecule has 3 aromatic rings. The number of rotatable bonds is 6. The molecule has 1 N–H and O–H groups in total. The number of fused-ring (bicyclic) bond motifs is 3. The van der Waals surface area contributed by atoms with Crippen molar-refractivity contribution in [1.29, 1.82) is 0 Å². The van der Waals surface area contributed by atoms with Gasteiger partial charge in [0.05, 0.1) is 0 Å². The molecule has 0 fully saturated rings. The van der Waals surface area contributed by atoms with Crippen LogP contribution in [0, 0.1) is 6.92 Å². The SMILES string of the molecule is Cc1cc(Cl)cc(C[C@@H](C(=O)O)N(C)C(=O)OCC2c3ccccc3-c3ccccc32)c1. The van der Waals surface area contributed by atoms with Crippen LogP contribution in [0.25, 0.3) is 11.1 Å². The second-order valence-corrected chi connectivity index (χ2v) is 8.55. The molecular weight excluding hydrogens is 426 g/mol. The molecule has 0 unspecified atom stereocenters. The van der Waals surface area contributed by atoms with Crippen molar-refractivity contribution in [3.05, 3.63) is 94.0 Å². The van der Waals surface area contributed by atoms with E-state index in [9.17, 15) is 14.7 Å². The summed E-state index contributed by atoms with van der Waals surface area (Å²) in [4.78, 5) is 25.9. The molecule has 4 rings (SSSR count). The summed E-state index contributed by atoms with van der Waals surface area (Å²) in [7, 11) is 1.45. The zero-order valence-corrected chi connectivity index (χ0v) is 18.7. The molecule has 0 spiro atoms. The predicted octanol–water partition coefficient (Wildman–Crippen LogP) is 5.53. The number of hydrogen-bond donors (Lipinski definition) is 1. The van der Waals surface area contributed by atoms with Crippen LogP contribution in [0.3, 0.4) is 0 Å². The molecule has 0 radical (unpaired) electrons. The third-order valence-corrected chi connectivity index (χ3v) is 6.13. The highest BCUT2D eigenvalue weighted by molar-refractivity contribution is 6.30. The summed E-state index contributed by atoms with van der Waals surface area (Å²) in [5.41, 5.74) is 6.16. The number of hydrogen-bond acceptors (Lipinski definition) is 3. The Bertz CT molecular complexity index is 1110. The van der Waals surface area contributed by atoms with Crippen molar-refractivity contribution in [2.45, 2.75) is 25.3 Å². The molecule has 1 aliphatic rings. The smallest absolute Gasteiger partial charge is 0.410 e. The number of carbonyl (C=O) groups excluding carboxylic acids is 1. The van der Waals surface area contributed by atoms with Gasteiger partial charge in [-0.2, -0.15) is 0 Å².